The number of hydrogen-bond donors (Lipinski definition) is 1. The monoisotopic (exact) mass is 363 g/mol. The minimum Gasteiger partial charge on any atom is -0.347 e. The molecular formula is C23H29N3O. The van der Waals surface area contributed by atoms with Crippen molar-refractivity contribution in [3.8, 4) is 0 Å². The Morgan fingerprint density at radius 2 is 1.67 bits per heavy atom. The zero-order valence-corrected chi connectivity index (χ0v) is 16.4. The van der Waals surface area contributed by atoms with E-state index in [-0.39, 0.29) is 11.4 Å². The number of nitrogens with zero attached hydrogens (tertiary/aromatic N) is 2. The van der Waals surface area contributed by atoms with Crippen molar-refractivity contribution in [1.82, 2.24) is 15.1 Å². The highest BCUT2D eigenvalue weighted by molar-refractivity contribution is 5.94. The molecule has 1 N–H and O–H groups in total. The third-order valence-corrected chi connectivity index (χ3v) is 7.07. The van der Waals surface area contributed by atoms with Gasteiger partial charge in [0.2, 0.25) is 0 Å². The van der Waals surface area contributed by atoms with Gasteiger partial charge in [-0.05, 0) is 93.9 Å². The summed E-state index contributed by atoms with van der Waals surface area (Å²) in [5, 5.41) is 7.99. The maximum atomic E-state index is 12.9. The van der Waals surface area contributed by atoms with Crippen molar-refractivity contribution in [3.05, 3.63) is 52.8 Å². The van der Waals surface area contributed by atoms with Gasteiger partial charge >= 0.3 is 0 Å². The molecule has 4 saturated carbocycles. The molecule has 0 radical (unpaired) electrons. The van der Waals surface area contributed by atoms with Crippen LogP contribution in [0.25, 0.3) is 0 Å². The number of benzene rings is 1. The molecule has 0 unspecified atom stereocenters. The molecule has 142 valence electrons. The molecule has 4 heteroatoms. The molecule has 0 saturated heterocycles. The molecule has 2 aromatic rings. The fourth-order valence-corrected chi connectivity index (χ4v) is 6.35. The summed E-state index contributed by atoms with van der Waals surface area (Å²) in [7, 11) is 0. The first-order valence-corrected chi connectivity index (χ1v) is 10.4. The van der Waals surface area contributed by atoms with Gasteiger partial charge in [-0.1, -0.05) is 12.1 Å². The van der Waals surface area contributed by atoms with Gasteiger partial charge in [0.25, 0.3) is 5.91 Å². The second kappa shape index (κ2) is 6.22. The average Bonchev–Trinajstić information content (AvgIpc) is 2.91. The normalized spacial score (nSPS) is 31.3. The summed E-state index contributed by atoms with van der Waals surface area (Å²) >= 11 is 0. The van der Waals surface area contributed by atoms with E-state index in [0.29, 0.717) is 0 Å². The average molecular weight is 364 g/mol. The maximum absolute atomic E-state index is 12.9. The molecule has 1 aromatic carbocycles. The number of nitrogens with one attached hydrogen (secondary N) is 1. The van der Waals surface area contributed by atoms with Crippen molar-refractivity contribution in [1.29, 1.82) is 0 Å². The lowest BCUT2D eigenvalue weighted by molar-refractivity contribution is -0.0167. The minimum atomic E-state index is 0.0776. The van der Waals surface area contributed by atoms with E-state index in [2.05, 4.69) is 35.5 Å². The van der Waals surface area contributed by atoms with Crippen LogP contribution in [-0.2, 0) is 6.54 Å². The molecular weight excluding hydrogens is 334 g/mol. The van der Waals surface area contributed by atoms with Crippen LogP contribution in [0, 0.1) is 31.6 Å². The molecule has 4 aliphatic rings. The molecule has 0 spiro atoms. The van der Waals surface area contributed by atoms with Crippen LogP contribution in [-0.4, -0.2) is 21.2 Å². The minimum absolute atomic E-state index is 0.0776. The van der Waals surface area contributed by atoms with Gasteiger partial charge in [-0.15, -0.1) is 0 Å². The van der Waals surface area contributed by atoms with E-state index in [1.165, 1.54) is 44.1 Å². The van der Waals surface area contributed by atoms with Gasteiger partial charge in [-0.2, -0.15) is 5.10 Å². The topological polar surface area (TPSA) is 46.9 Å². The van der Waals surface area contributed by atoms with Crippen LogP contribution in [0.4, 0.5) is 0 Å². The lowest BCUT2D eigenvalue weighted by Crippen LogP contribution is -2.59. The van der Waals surface area contributed by atoms with Crippen LogP contribution in [0.2, 0.25) is 0 Å². The Morgan fingerprint density at radius 3 is 2.19 bits per heavy atom. The molecule has 6 rings (SSSR count). The van der Waals surface area contributed by atoms with E-state index in [1.807, 2.05) is 23.7 Å². The van der Waals surface area contributed by atoms with Crippen molar-refractivity contribution in [2.45, 2.75) is 64.5 Å². The van der Waals surface area contributed by atoms with E-state index >= 15 is 0 Å². The zero-order valence-electron chi connectivity index (χ0n) is 16.4. The van der Waals surface area contributed by atoms with Crippen LogP contribution in [0.3, 0.4) is 0 Å². The van der Waals surface area contributed by atoms with Crippen LogP contribution in [0.1, 0.15) is 65.8 Å². The maximum Gasteiger partial charge on any atom is 0.251 e. The molecule has 1 amide bonds. The molecule has 1 heterocycles. The quantitative estimate of drug-likeness (QED) is 0.883. The van der Waals surface area contributed by atoms with Gasteiger partial charge in [0.1, 0.15) is 0 Å². The Kier molecular flexibility index (Phi) is 3.92. The number of carbonyl (C=O) groups excluding carboxylic acids is 1. The first kappa shape index (κ1) is 17.0. The predicted octanol–water partition coefficient (Wildman–Crippen LogP) is 4.25. The molecule has 0 aliphatic heterocycles. The summed E-state index contributed by atoms with van der Waals surface area (Å²) in [4.78, 5) is 12.9. The van der Waals surface area contributed by atoms with Crippen molar-refractivity contribution in [2.75, 3.05) is 0 Å². The molecule has 4 nitrogen and oxygen atoms in total. The molecule has 4 fully saturated rings. The summed E-state index contributed by atoms with van der Waals surface area (Å²) in [6, 6.07) is 10.1. The Morgan fingerprint density at radius 1 is 1.07 bits per heavy atom. The highest BCUT2D eigenvalue weighted by Gasteiger charge is 2.51. The summed E-state index contributed by atoms with van der Waals surface area (Å²) in [5.41, 5.74) is 4.24. The second-order valence-electron chi connectivity index (χ2n) is 9.43. The number of hydrogen-bond acceptors (Lipinski definition) is 2. The van der Waals surface area contributed by atoms with E-state index in [9.17, 15) is 4.79 Å². The van der Waals surface area contributed by atoms with E-state index in [4.69, 9.17) is 0 Å². The van der Waals surface area contributed by atoms with E-state index < -0.39 is 0 Å². The smallest absolute Gasteiger partial charge is 0.251 e. The largest absolute Gasteiger partial charge is 0.347 e. The van der Waals surface area contributed by atoms with Crippen LogP contribution >= 0.6 is 0 Å². The summed E-state index contributed by atoms with van der Waals surface area (Å²) in [5.74, 6) is 2.65. The van der Waals surface area contributed by atoms with Crippen LogP contribution < -0.4 is 5.32 Å². The number of carbonyl (C=O) groups is 1. The lowest BCUT2D eigenvalue weighted by atomic mass is 9.53. The van der Waals surface area contributed by atoms with Crippen molar-refractivity contribution < 1.29 is 4.79 Å². The molecule has 1 aromatic heterocycles. The Balaban J connectivity index is 1.28. The number of rotatable bonds is 4. The number of amides is 1. The first-order chi connectivity index (χ1) is 13.0. The SMILES string of the molecule is Cc1cc(C)n(Cc2ccc(C(=O)NC34CC5CC(CC(C5)C3)C4)cc2)n1. The van der Waals surface area contributed by atoms with E-state index in [1.54, 1.807) is 0 Å². The van der Waals surface area contributed by atoms with Crippen molar-refractivity contribution in [3.63, 3.8) is 0 Å². The number of aromatic nitrogens is 2. The molecule has 4 bridgehead atoms. The number of aryl methyl sites for hydroxylation is 2. The van der Waals surface area contributed by atoms with Crippen molar-refractivity contribution >= 4 is 5.91 Å². The van der Waals surface area contributed by atoms with Gasteiger partial charge in [-0.3, -0.25) is 9.48 Å². The second-order valence-corrected chi connectivity index (χ2v) is 9.43. The lowest BCUT2D eigenvalue weighted by Gasteiger charge is -2.56. The summed E-state index contributed by atoms with van der Waals surface area (Å²) in [6.45, 7) is 4.84. The first-order valence-electron chi connectivity index (χ1n) is 10.4. The zero-order chi connectivity index (χ0) is 18.6. The van der Waals surface area contributed by atoms with Gasteiger partial charge in [0, 0.05) is 16.8 Å². The predicted molar refractivity (Wildman–Crippen MR) is 106 cm³/mol. The van der Waals surface area contributed by atoms with Crippen LogP contribution in [0.5, 0.6) is 0 Å². The third kappa shape index (κ3) is 3.19. The van der Waals surface area contributed by atoms with Crippen LogP contribution in [0.15, 0.2) is 30.3 Å². The van der Waals surface area contributed by atoms with Gasteiger partial charge in [0.15, 0.2) is 0 Å². The third-order valence-electron chi connectivity index (χ3n) is 7.07. The highest BCUT2D eigenvalue weighted by atomic mass is 16.1. The standard InChI is InChI=1S/C23H29N3O/c1-15-7-16(2)26(25-15)14-17-3-5-21(6-4-17)22(27)24-23-11-18-8-19(12-23)10-20(9-18)13-23/h3-7,18-20H,8-14H2,1-2H3,(H,24,27). The molecule has 0 atom stereocenters. The van der Waals surface area contributed by atoms with Crippen molar-refractivity contribution in [2.24, 2.45) is 17.8 Å². The fourth-order valence-electron chi connectivity index (χ4n) is 6.35. The van der Waals surface area contributed by atoms with Gasteiger partial charge < -0.3 is 5.32 Å². The molecule has 27 heavy (non-hydrogen) atoms. The Bertz CT molecular complexity index is 829. The highest BCUT2D eigenvalue weighted by Crippen LogP contribution is 2.55. The Labute approximate surface area is 161 Å². The summed E-state index contributed by atoms with van der Waals surface area (Å²) in [6.07, 6.45) is 7.78. The van der Waals surface area contributed by atoms with Gasteiger partial charge in [-0.25, -0.2) is 0 Å². The molecule has 4 aliphatic carbocycles. The Hall–Kier alpha value is -2.10. The summed E-state index contributed by atoms with van der Waals surface area (Å²) < 4.78 is 2.01. The fraction of sp³-hybridized carbons (Fsp3) is 0.565. The van der Waals surface area contributed by atoms with E-state index in [0.717, 1.165) is 41.2 Å². The van der Waals surface area contributed by atoms with Gasteiger partial charge in [0.05, 0.1) is 12.2 Å².